The highest BCUT2D eigenvalue weighted by Crippen LogP contribution is 2.21. The molecule has 1 fully saturated rings. The Labute approximate surface area is 204 Å². The lowest BCUT2D eigenvalue weighted by Crippen LogP contribution is -2.37. The lowest BCUT2D eigenvalue weighted by molar-refractivity contribution is -0.193. The summed E-state index contributed by atoms with van der Waals surface area (Å²) < 4.78 is 63.5. The number of nitrogens with zero attached hydrogens (tertiary/aromatic N) is 3. The molecule has 0 bridgehead atoms. The molecule has 202 valence electrons. The molecule has 0 amide bonds. The fourth-order valence-electron chi connectivity index (χ4n) is 3.57. The normalized spacial score (nSPS) is 15.0. The first-order chi connectivity index (χ1) is 16.6. The summed E-state index contributed by atoms with van der Waals surface area (Å²) in [6.07, 6.45) is -5.55. The van der Waals surface area contributed by atoms with Crippen molar-refractivity contribution in [2.75, 3.05) is 33.2 Å². The van der Waals surface area contributed by atoms with Crippen LogP contribution in [0, 0.1) is 5.92 Å². The van der Waals surface area contributed by atoms with Crippen LogP contribution in [0.4, 0.5) is 26.3 Å². The summed E-state index contributed by atoms with van der Waals surface area (Å²) in [5.41, 5.74) is 2.49. The van der Waals surface area contributed by atoms with Crippen LogP contribution in [0.5, 0.6) is 0 Å². The van der Waals surface area contributed by atoms with Crippen LogP contribution >= 0.6 is 0 Å². The minimum absolute atomic E-state index is 0.848. The van der Waals surface area contributed by atoms with Crippen LogP contribution in [0.1, 0.15) is 25.3 Å². The van der Waals surface area contributed by atoms with Gasteiger partial charge in [0.1, 0.15) is 0 Å². The Hall–Kier alpha value is -2.93. The van der Waals surface area contributed by atoms with Crippen LogP contribution in [0.3, 0.4) is 0 Å². The number of fused-ring (bicyclic) bond motifs is 1. The van der Waals surface area contributed by atoms with E-state index in [1.165, 1.54) is 50.0 Å². The second-order valence-electron chi connectivity index (χ2n) is 8.17. The van der Waals surface area contributed by atoms with Crippen LogP contribution in [-0.2, 0) is 16.1 Å². The molecule has 0 atom stereocenters. The van der Waals surface area contributed by atoms with Gasteiger partial charge in [0.2, 0.25) is 0 Å². The number of para-hydroxylation sites is 1. The average Bonchev–Trinajstić information content (AvgIpc) is 2.79. The van der Waals surface area contributed by atoms with E-state index in [-0.39, 0.29) is 0 Å². The van der Waals surface area contributed by atoms with Gasteiger partial charge in [0.15, 0.2) is 0 Å². The first kappa shape index (κ1) is 31.1. The van der Waals surface area contributed by atoms with Crippen molar-refractivity contribution in [1.82, 2.24) is 14.8 Å². The van der Waals surface area contributed by atoms with Gasteiger partial charge in [-0.15, -0.1) is 0 Å². The van der Waals surface area contributed by atoms with E-state index in [1.807, 2.05) is 6.20 Å². The molecule has 36 heavy (non-hydrogen) atoms. The standard InChI is InChI=1S/C19H27N3.2C2HF3O2/c1-3-22-12-9-16(10-13-22)14-21(2)15-17-8-11-20-19-7-5-4-6-18(17)19;2*3-2(4,5)1(6)7/h4-8,11,16H,3,9-10,12-15H2,1-2H3;2*(H,6,7). The molecular formula is C23H29F6N3O4. The van der Waals surface area contributed by atoms with Crippen LogP contribution in [-0.4, -0.2) is 82.5 Å². The summed E-state index contributed by atoms with van der Waals surface area (Å²) in [6.45, 7) is 8.22. The number of benzene rings is 1. The second kappa shape index (κ2) is 14.0. The minimum Gasteiger partial charge on any atom is -0.475 e. The molecular weight excluding hydrogens is 496 g/mol. The van der Waals surface area contributed by atoms with Crippen molar-refractivity contribution in [2.45, 2.75) is 38.7 Å². The van der Waals surface area contributed by atoms with E-state index in [0.29, 0.717) is 0 Å². The molecule has 1 aliphatic heterocycles. The number of carboxylic acids is 2. The molecule has 1 aromatic carbocycles. The lowest BCUT2D eigenvalue weighted by atomic mass is 9.96. The molecule has 2 aromatic rings. The van der Waals surface area contributed by atoms with Gasteiger partial charge in [0.25, 0.3) is 0 Å². The third kappa shape index (κ3) is 11.2. The molecule has 7 nitrogen and oxygen atoms in total. The van der Waals surface area contributed by atoms with Crippen LogP contribution in [0.25, 0.3) is 10.9 Å². The minimum atomic E-state index is -5.08. The third-order valence-corrected chi connectivity index (χ3v) is 5.39. The topological polar surface area (TPSA) is 94.0 Å². The van der Waals surface area contributed by atoms with Gasteiger partial charge in [-0.25, -0.2) is 9.59 Å². The SMILES string of the molecule is CCN1CCC(CN(C)Cc2ccnc3ccccc23)CC1.O=C(O)C(F)(F)F.O=C(O)C(F)(F)F. The fourth-order valence-corrected chi connectivity index (χ4v) is 3.57. The Morgan fingerprint density at radius 2 is 1.50 bits per heavy atom. The van der Waals surface area contributed by atoms with E-state index in [4.69, 9.17) is 19.8 Å². The smallest absolute Gasteiger partial charge is 0.475 e. The van der Waals surface area contributed by atoms with Gasteiger partial charge in [-0.1, -0.05) is 25.1 Å². The highest BCUT2D eigenvalue weighted by molar-refractivity contribution is 5.81. The van der Waals surface area contributed by atoms with Gasteiger partial charge >= 0.3 is 24.3 Å². The maximum atomic E-state index is 10.6. The molecule has 13 heteroatoms. The number of carbonyl (C=O) groups is 2. The van der Waals surface area contributed by atoms with Crippen molar-refractivity contribution < 1.29 is 46.1 Å². The zero-order valence-electron chi connectivity index (χ0n) is 19.8. The summed E-state index contributed by atoms with van der Waals surface area (Å²) in [7, 11) is 2.25. The number of hydrogen-bond donors (Lipinski definition) is 2. The first-order valence-corrected chi connectivity index (χ1v) is 11.0. The van der Waals surface area contributed by atoms with E-state index in [2.05, 4.69) is 59.1 Å². The van der Waals surface area contributed by atoms with E-state index in [1.54, 1.807) is 0 Å². The zero-order valence-corrected chi connectivity index (χ0v) is 19.8. The zero-order chi connectivity index (χ0) is 27.5. The van der Waals surface area contributed by atoms with Gasteiger partial charge < -0.3 is 20.0 Å². The van der Waals surface area contributed by atoms with Crippen molar-refractivity contribution in [3.05, 3.63) is 42.1 Å². The van der Waals surface area contributed by atoms with Crippen molar-refractivity contribution in [2.24, 2.45) is 5.92 Å². The molecule has 0 spiro atoms. The Morgan fingerprint density at radius 3 is 1.97 bits per heavy atom. The fraction of sp³-hybridized carbons (Fsp3) is 0.522. The molecule has 2 N–H and O–H groups in total. The number of hydrogen-bond acceptors (Lipinski definition) is 5. The molecule has 0 radical (unpaired) electrons. The number of likely N-dealkylation sites (tertiary alicyclic amines) is 1. The van der Waals surface area contributed by atoms with Gasteiger partial charge in [0.05, 0.1) is 5.52 Å². The number of piperidine rings is 1. The second-order valence-corrected chi connectivity index (χ2v) is 8.17. The summed E-state index contributed by atoms with van der Waals surface area (Å²) in [5.74, 6) is -4.67. The number of pyridine rings is 1. The number of halogens is 6. The summed E-state index contributed by atoms with van der Waals surface area (Å²) in [5, 5.41) is 15.5. The first-order valence-electron chi connectivity index (χ1n) is 11.0. The highest BCUT2D eigenvalue weighted by atomic mass is 19.4. The summed E-state index contributed by atoms with van der Waals surface area (Å²) in [6, 6.07) is 10.6. The van der Waals surface area contributed by atoms with Crippen LogP contribution in [0.2, 0.25) is 0 Å². The molecule has 0 unspecified atom stereocenters. The van der Waals surface area contributed by atoms with E-state index < -0.39 is 24.3 Å². The van der Waals surface area contributed by atoms with Crippen molar-refractivity contribution in [3.63, 3.8) is 0 Å². The van der Waals surface area contributed by atoms with Crippen LogP contribution in [0.15, 0.2) is 36.5 Å². The Kier molecular flexibility index (Phi) is 12.1. The lowest BCUT2D eigenvalue weighted by Gasteiger charge is -2.33. The molecule has 3 rings (SSSR count). The molecule has 1 saturated heterocycles. The Balaban J connectivity index is 0.000000383. The van der Waals surface area contributed by atoms with Gasteiger partial charge in [0, 0.05) is 24.7 Å². The number of carboxylic acid groups (broad SMARTS) is 2. The van der Waals surface area contributed by atoms with Crippen molar-refractivity contribution >= 4 is 22.8 Å². The van der Waals surface area contributed by atoms with Crippen molar-refractivity contribution in [3.8, 4) is 0 Å². The predicted molar refractivity (Wildman–Crippen MR) is 120 cm³/mol. The number of rotatable bonds is 5. The molecule has 0 saturated carbocycles. The van der Waals surface area contributed by atoms with E-state index in [0.717, 1.165) is 18.0 Å². The predicted octanol–water partition coefficient (Wildman–Crippen LogP) is 4.67. The number of aliphatic carboxylic acids is 2. The largest absolute Gasteiger partial charge is 0.490 e. The maximum absolute atomic E-state index is 10.6. The molecule has 1 aromatic heterocycles. The third-order valence-electron chi connectivity index (χ3n) is 5.39. The number of aromatic nitrogens is 1. The molecule has 0 aliphatic carbocycles. The summed E-state index contributed by atoms with van der Waals surface area (Å²) >= 11 is 0. The Bertz CT molecular complexity index is 947. The Morgan fingerprint density at radius 1 is 1.00 bits per heavy atom. The van der Waals surface area contributed by atoms with Gasteiger partial charge in [-0.3, -0.25) is 4.98 Å². The average molecular weight is 525 g/mol. The monoisotopic (exact) mass is 525 g/mol. The van der Waals surface area contributed by atoms with E-state index in [9.17, 15) is 26.3 Å². The van der Waals surface area contributed by atoms with E-state index >= 15 is 0 Å². The molecule has 1 aliphatic rings. The summed E-state index contributed by atoms with van der Waals surface area (Å²) in [4.78, 5) is 27.3. The van der Waals surface area contributed by atoms with Gasteiger partial charge in [-0.05, 0) is 63.1 Å². The van der Waals surface area contributed by atoms with Gasteiger partial charge in [-0.2, -0.15) is 26.3 Å². The van der Waals surface area contributed by atoms with Crippen LogP contribution < -0.4 is 0 Å². The number of alkyl halides is 6. The van der Waals surface area contributed by atoms with Crippen molar-refractivity contribution in [1.29, 1.82) is 0 Å². The maximum Gasteiger partial charge on any atom is 0.490 e. The molecule has 2 heterocycles. The quantitative estimate of drug-likeness (QED) is 0.549. The highest BCUT2D eigenvalue weighted by Gasteiger charge is 2.38.